The minimum absolute atomic E-state index is 0.0787. The van der Waals surface area contributed by atoms with Crippen molar-refractivity contribution in [2.24, 2.45) is 0 Å². The topological polar surface area (TPSA) is 22.2 Å². The molecule has 0 unspecified atom stereocenters. The van der Waals surface area contributed by atoms with Gasteiger partial charge in [-0.25, -0.2) is 4.98 Å². The van der Waals surface area contributed by atoms with Gasteiger partial charge in [-0.05, 0) is 94.9 Å². The van der Waals surface area contributed by atoms with Crippen molar-refractivity contribution in [3.8, 4) is 11.3 Å². The van der Waals surface area contributed by atoms with E-state index in [0.717, 1.165) is 23.2 Å². The Hall–Kier alpha value is -4.63. The molecule has 0 aliphatic carbocycles. The zero-order valence-corrected chi connectivity index (χ0v) is 25.2. The number of aryl methyl sites for hydroxylation is 3. The lowest BCUT2D eigenvalue weighted by molar-refractivity contribution is 0.591. The summed E-state index contributed by atoms with van der Waals surface area (Å²) in [6.07, 6.45) is 0. The van der Waals surface area contributed by atoms with Crippen molar-refractivity contribution in [1.82, 2.24) is 14.0 Å². The van der Waals surface area contributed by atoms with Gasteiger partial charge in [-0.1, -0.05) is 81.4 Å². The summed E-state index contributed by atoms with van der Waals surface area (Å²) in [5.41, 5.74) is 12.3. The van der Waals surface area contributed by atoms with Crippen molar-refractivity contribution in [2.45, 2.75) is 53.5 Å². The second-order valence-electron chi connectivity index (χ2n) is 12.8. The third kappa shape index (κ3) is 3.37. The van der Waals surface area contributed by atoms with Gasteiger partial charge in [0.05, 0.1) is 22.2 Å². The lowest BCUT2D eigenvalue weighted by atomic mass is 9.86. The highest BCUT2D eigenvalue weighted by molar-refractivity contribution is 6.20. The van der Waals surface area contributed by atoms with E-state index < -0.39 is 0 Å². The Balaban J connectivity index is 1.63. The van der Waals surface area contributed by atoms with E-state index >= 15 is 0 Å². The number of hydrogen-bond acceptors (Lipinski definition) is 1. The van der Waals surface area contributed by atoms with E-state index in [1.807, 2.05) is 0 Å². The van der Waals surface area contributed by atoms with Crippen molar-refractivity contribution in [3.05, 3.63) is 108 Å². The number of rotatable bonds is 2. The number of fused-ring (bicyclic) bond motifs is 9. The maximum Gasteiger partial charge on any atom is 0.146 e. The van der Waals surface area contributed by atoms with E-state index in [2.05, 4.69) is 142 Å². The molecular weight excluding hydrogens is 510 g/mol. The van der Waals surface area contributed by atoms with Gasteiger partial charge in [0.25, 0.3) is 0 Å². The largest absolute Gasteiger partial charge is 0.341 e. The SMILES string of the molecule is CCn1c2ccc(C(C)(C)C)cc2c2c(C)c3c(cc(-c4ccccc4)n4c5cc6ccccc6cc5nc34)c(C)c21. The fourth-order valence-electron chi connectivity index (χ4n) is 7.23. The van der Waals surface area contributed by atoms with Gasteiger partial charge < -0.3 is 4.57 Å². The van der Waals surface area contributed by atoms with Gasteiger partial charge in [-0.2, -0.15) is 0 Å². The minimum Gasteiger partial charge on any atom is -0.341 e. The van der Waals surface area contributed by atoms with Crippen LogP contribution in [0.3, 0.4) is 0 Å². The first-order valence-electron chi connectivity index (χ1n) is 15.0. The van der Waals surface area contributed by atoms with E-state index in [-0.39, 0.29) is 5.41 Å². The number of imidazole rings is 1. The van der Waals surface area contributed by atoms with E-state index in [1.165, 1.54) is 71.3 Å². The average Bonchev–Trinajstić information content (AvgIpc) is 3.53. The molecule has 8 aromatic rings. The molecule has 8 rings (SSSR count). The van der Waals surface area contributed by atoms with Gasteiger partial charge in [0, 0.05) is 28.2 Å². The summed E-state index contributed by atoms with van der Waals surface area (Å²) in [4.78, 5) is 5.41. The molecule has 0 saturated carbocycles. The Morgan fingerprint density at radius 1 is 0.690 bits per heavy atom. The summed E-state index contributed by atoms with van der Waals surface area (Å²) < 4.78 is 4.91. The van der Waals surface area contributed by atoms with Gasteiger partial charge in [-0.3, -0.25) is 4.40 Å². The Morgan fingerprint density at radius 3 is 2.12 bits per heavy atom. The first-order valence-corrected chi connectivity index (χ1v) is 15.0. The van der Waals surface area contributed by atoms with E-state index in [0.29, 0.717) is 0 Å². The van der Waals surface area contributed by atoms with Gasteiger partial charge in [0.2, 0.25) is 0 Å². The molecule has 5 aromatic carbocycles. The standard InChI is InChI=1S/C39H35N3/c1-7-41-32-18-17-28(39(4,5)6)21-30(32)35-24(3)36-29(23(2)37(35)41)22-33(25-13-9-8-10-14-25)42-34-20-27-16-12-11-15-26(27)19-31(34)40-38(36)42/h8-22H,7H2,1-6H3. The van der Waals surface area contributed by atoms with E-state index in [4.69, 9.17) is 4.98 Å². The van der Waals surface area contributed by atoms with Crippen LogP contribution in [0.5, 0.6) is 0 Å². The Morgan fingerprint density at radius 2 is 1.40 bits per heavy atom. The zero-order valence-electron chi connectivity index (χ0n) is 25.2. The molecule has 3 heteroatoms. The first kappa shape index (κ1) is 25.1. The van der Waals surface area contributed by atoms with Crippen molar-refractivity contribution < 1.29 is 0 Å². The molecule has 0 bridgehead atoms. The predicted octanol–water partition coefficient (Wildman–Crippen LogP) is 10.5. The molecule has 0 atom stereocenters. The molecule has 0 fully saturated rings. The smallest absolute Gasteiger partial charge is 0.146 e. The predicted molar refractivity (Wildman–Crippen MR) is 180 cm³/mol. The first-order chi connectivity index (χ1) is 20.3. The summed E-state index contributed by atoms with van der Waals surface area (Å²) in [5.74, 6) is 0. The minimum atomic E-state index is 0.0787. The van der Waals surface area contributed by atoms with Crippen LogP contribution in [0.15, 0.2) is 91.0 Å². The Bertz CT molecular complexity index is 2380. The highest BCUT2D eigenvalue weighted by Gasteiger charge is 2.24. The number of nitrogens with zero attached hydrogens (tertiary/aromatic N) is 3. The molecule has 206 valence electrons. The summed E-state index contributed by atoms with van der Waals surface area (Å²) in [6.45, 7) is 14.7. The molecule has 0 N–H and O–H groups in total. The monoisotopic (exact) mass is 545 g/mol. The molecule has 0 saturated heterocycles. The van der Waals surface area contributed by atoms with Crippen molar-refractivity contribution in [2.75, 3.05) is 0 Å². The molecule has 0 amide bonds. The lowest BCUT2D eigenvalue weighted by Gasteiger charge is -2.19. The van der Waals surface area contributed by atoms with E-state index in [1.54, 1.807) is 0 Å². The van der Waals surface area contributed by atoms with Gasteiger partial charge in [-0.15, -0.1) is 0 Å². The fourth-order valence-corrected chi connectivity index (χ4v) is 7.23. The van der Waals surface area contributed by atoms with Crippen molar-refractivity contribution in [3.63, 3.8) is 0 Å². The third-order valence-electron chi connectivity index (χ3n) is 9.36. The Labute approximate surface area is 246 Å². The number of aromatic nitrogens is 3. The van der Waals surface area contributed by atoms with Crippen LogP contribution in [0.25, 0.3) is 71.3 Å². The van der Waals surface area contributed by atoms with Crippen LogP contribution < -0.4 is 0 Å². The molecule has 0 aliphatic rings. The molecule has 3 heterocycles. The average molecular weight is 546 g/mol. The lowest BCUT2D eigenvalue weighted by Crippen LogP contribution is -2.10. The fraction of sp³-hybridized carbons (Fsp3) is 0.205. The molecule has 3 nitrogen and oxygen atoms in total. The molecule has 3 aromatic heterocycles. The Kier molecular flexibility index (Phi) is 5.19. The third-order valence-corrected chi connectivity index (χ3v) is 9.36. The molecule has 42 heavy (non-hydrogen) atoms. The maximum absolute atomic E-state index is 5.41. The second kappa shape index (κ2) is 8.69. The van der Waals surface area contributed by atoms with Crippen LogP contribution in [0.2, 0.25) is 0 Å². The van der Waals surface area contributed by atoms with Crippen LogP contribution in [0.4, 0.5) is 0 Å². The highest BCUT2D eigenvalue weighted by atomic mass is 15.0. The van der Waals surface area contributed by atoms with Gasteiger partial charge >= 0.3 is 0 Å². The van der Waals surface area contributed by atoms with Crippen LogP contribution in [0, 0.1) is 13.8 Å². The van der Waals surface area contributed by atoms with Crippen molar-refractivity contribution in [1.29, 1.82) is 0 Å². The number of hydrogen-bond donors (Lipinski definition) is 0. The molecule has 0 aliphatic heterocycles. The molecule has 0 radical (unpaired) electrons. The molecular formula is C39H35N3. The second-order valence-corrected chi connectivity index (χ2v) is 12.8. The molecule has 0 spiro atoms. The highest BCUT2D eigenvalue weighted by Crippen LogP contribution is 2.43. The number of benzene rings is 5. The maximum atomic E-state index is 5.41. The van der Waals surface area contributed by atoms with Crippen LogP contribution in [0.1, 0.15) is 44.4 Å². The van der Waals surface area contributed by atoms with E-state index in [9.17, 15) is 0 Å². The van der Waals surface area contributed by atoms with Crippen LogP contribution in [-0.2, 0) is 12.0 Å². The quantitative estimate of drug-likeness (QED) is 0.212. The summed E-state index contributed by atoms with van der Waals surface area (Å²) in [7, 11) is 0. The normalized spacial score (nSPS) is 12.6. The van der Waals surface area contributed by atoms with Crippen molar-refractivity contribution >= 4 is 60.0 Å². The van der Waals surface area contributed by atoms with Crippen LogP contribution in [-0.4, -0.2) is 14.0 Å². The number of pyridine rings is 1. The van der Waals surface area contributed by atoms with Gasteiger partial charge in [0.15, 0.2) is 0 Å². The summed E-state index contributed by atoms with van der Waals surface area (Å²) in [6, 6.07) is 33.4. The zero-order chi connectivity index (χ0) is 28.9. The summed E-state index contributed by atoms with van der Waals surface area (Å²) in [5, 5.41) is 7.67. The summed E-state index contributed by atoms with van der Waals surface area (Å²) >= 11 is 0. The van der Waals surface area contributed by atoms with Crippen LogP contribution >= 0.6 is 0 Å². The van der Waals surface area contributed by atoms with Gasteiger partial charge in [0.1, 0.15) is 5.65 Å².